The second-order valence-electron chi connectivity index (χ2n) is 2.37. The molecule has 0 spiro atoms. The zero-order valence-corrected chi connectivity index (χ0v) is 9.02. The number of rotatable bonds is 6. The molecular formula is C9H20O5. The number of hydrogen-bond donors (Lipinski definition) is 2. The molecule has 0 fully saturated rings. The van der Waals surface area contributed by atoms with Gasteiger partial charge in [-0.1, -0.05) is 0 Å². The van der Waals surface area contributed by atoms with Crippen molar-refractivity contribution in [3.8, 4) is 0 Å². The quantitative estimate of drug-likeness (QED) is 0.633. The number of carbonyl (C=O) groups is 1. The summed E-state index contributed by atoms with van der Waals surface area (Å²) in [5, 5.41) is 15.9. The van der Waals surface area contributed by atoms with E-state index >= 15 is 0 Å². The van der Waals surface area contributed by atoms with Gasteiger partial charge >= 0.3 is 0 Å². The maximum absolute atomic E-state index is 9.00. The van der Waals surface area contributed by atoms with Crippen LogP contribution in [0.5, 0.6) is 0 Å². The maximum atomic E-state index is 9.00. The summed E-state index contributed by atoms with van der Waals surface area (Å²) in [6.07, 6.45) is 0.335. The monoisotopic (exact) mass is 208 g/mol. The minimum Gasteiger partial charge on any atom is -0.481 e. The van der Waals surface area contributed by atoms with Crippen LogP contribution < -0.4 is 0 Å². The smallest absolute Gasteiger partial charge is 0.300 e. The highest BCUT2D eigenvalue weighted by molar-refractivity contribution is 5.62. The number of ether oxygens (including phenoxy) is 2. The van der Waals surface area contributed by atoms with Gasteiger partial charge in [-0.2, -0.15) is 0 Å². The summed E-state index contributed by atoms with van der Waals surface area (Å²) in [4.78, 5) is 9.00. The van der Waals surface area contributed by atoms with Crippen molar-refractivity contribution in [3.05, 3.63) is 0 Å². The van der Waals surface area contributed by atoms with E-state index in [9.17, 15) is 0 Å². The first kappa shape index (κ1) is 15.8. The number of aliphatic carboxylic acids is 1. The van der Waals surface area contributed by atoms with Crippen molar-refractivity contribution in [1.82, 2.24) is 0 Å². The number of carboxylic acid groups (broad SMARTS) is 1. The molecule has 86 valence electrons. The third-order valence-electron chi connectivity index (χ3n) is 1.07. The first-order valence-electron chi connectivity index (χ1n) is 4.62. The lowest BCUT2D eigenvalue weighted by Crippen LogP contribution is -2.18. The van der Waals surface area contributed by atoms with Crippen molar-refractivity contribution in [2.45, 2.75) is 33.5 Å². The Labute approximate surface area is 84.6 Å². The van der Waals surface area contributed by atoms with E-state index in [1.54, 1.807) is 0 Å². The number of carboxylic acids is 1. The van der Waals surface area contributed by atoms with Crippen LogP contribution >= 0.6 is 0 Å². The molecule has 0 saturated heterocycles. The van der Waals surface area contributed by atoms with Gasteiger partial charge in [0, 0.05) is 33.2 Å². The minimum absolute atomic E-state index is 0.116. The fraction of sp³-hybridized carbons (Fsp3) is 0.889. The summed E-state index contributed by atoms with van der Waals surface area (Å²) in [5.74, 6) is -0.833. The number of aliphatic hydroxyl groups is 1. The van der Waals surface area contributed by atoms with E-state index in [1.807, 2.05) is 13.8 Å². The predicted molar refractivity (Wildman–Crippen MR) is 52.1 cm³/mol. The Hall–Kier alpha value is -0.650. The number of hydrogen-bond acceptors (Lipinski definition) is 4. The van der Waals surface area contributed by atoms with Gasteiger partial charge in [-0.3, -0.25) is 4.79 Å². The Bertz CT molecular complexity index is 108. The van der Waals surface area contributed by atoms with Gasteiger partial charge in [0.15, 0.2) is 6.29 Å². The van der Waals surface area contributed by atoms with Gasteiger partial charge in [0.1, 0.15) is 0 Å². The average molecular weight is 208 g/mol. The van der Waals surface area contributed by atoms with Gasteiger partial charge in [0.2, 0.25) is 0 Å². The van der Waals surface area contributed by atoms with Gasteiger partial charge in [0.05, 0.1) is 0 Å². The maximum Gasteiger partial charge on any atom is 0.300 e. The van der Waals surface area contributed by atoms with Crippen molar-refractivity contribution >= 4 is 5.97 Å². The molecular weight excluding hydrogens is 188 g/mol. The standard InChI is InChI=1S/C7H16O3.C2H4O2/c1-3-9-7(5-6-8)10-4-2;1-2(3)4/h7-8H,3-6H2,1-2H3;1H3,(H,3,4). The van der Waals surface area contributed by atoms with Crippen LogP contribution in [0.4, 0.5) is 0 Å². The third kappa shape index (κ3) is 17.4. The molecule has 0 saturated carbocycles. The largest absolute Gasteiger partial charge is 0.481 e. The molecule has 0 radical (unpaired) electrons. The first-order chi connectivity index (χ1) is 6.58. The molecule has 0 atom stereocenters. The van der Waals surface area contributed by atoms with E-state index < -0.39 is 5.97 Å². The highest BCUT2D eigenvalue weighted by atomic mass is 16.7. The van der Waals surface area contributed by atoms with Crippen molar-refractivity contribution in [3.63, 3.8) is 0 Å². The first-order valence-corrected chi connectivity index (χ1v) is 4.62. The van der Waals surface area contributed by atoms with Gasteiger partial charge in [-0.15, -0.1) is 0 Å². The summed E-state index contributed by atoms with van der Waals surface area (Å²) >= 11 is 0. The van der Waals surface area contributed by atoms with Crippen LogP contribution in [0.2, 0.25) is 0 Å². The SMILES string of the molecule is CC(=O)O.CCOC(CCO)OCC. The van der Waals surface area contributed by atoms with E-state index in [-0.39, 0.29) is 12.9 Å². The number of aliphatic hydroxyl groups excluding tert-OH is 1. The van der Waals surface area contributed by atoms with Gasteiger partial charge < -0.3 is 19.7 Å². The molecule has 0 amide bonds. The molecule has 0 aliphatic carbocycles. The average Bonchev–Trinajstić information content (AvgIpc) is 2.04. The molecule has 0 rings (SSSR count). The van der Waals surface area contributed by atoms with E-state index in [4.69, 9.17) is 24.5 Å². The normalized spacial score (nSPS) is 9.50. The lowest BCUT2D eigenvalue weighted by atomic mass is 10.4. The molecule has 0 heterocycles. The topological polar surface area (TPSA) is 76.0 Å². The fourth-order valence-electron chi connectivity index (χ4n) is 0.692. The zero-order chi connectivity index (χ0) is 11.4. The summed E-state index contributed by atoms with van der Waals surface area (Å²) in [6.45, 7) is 6.27. The van der Waals surface area contributed by atoms with E-state index in [1.165, 1.54) is 0 Å². The Kier molecular flexibility index (Phi) is 13.9. The van der Waals surface area contributed by atoms with Crippen LogP contribution in [0.3, 0.4) is 0 Å². The Balaban J connectivity index is 0. The lowest BCUT2D eigenvalue weighted by Gasteiger charge is -2.14. The Morgan fingerprint density at radius 1 is 1.29 bits per heavy atom. The van der Waals surface area contributed by atoms with Crippen LogP contribution in [-0.2, 0) is 14.3 Å². The van der Waals surface area contributed by atoms with Crippen LogP contribution in [0.15, 0.2) is 0 Å². The van der Waals surface area contributed by atoms with Crippen LogP contribution in [0.1, 0.15) is 27.2 Å². The van der Waals surface area contributed by atoms with Crippen molar-refractivity contribution in [2.24, 2.45) is 0 Å². The van der Waals surface area contributed by atoms with Gasteiger partial charge in [-0.05, 0) is 13.8 Å². The van der Waals surface area contributed by atoms with Gasteiger partial charge in [-0.25, -0.2) is 0 Å². The third-order valence-corrected chi connectivity index (χ3v) is 1.07. The van der Waals surface area contributed by atoms with Crippen molar-refractivity contribution in [1.29, 1.82) is 0 Å². The Morgan fingerprint density at radius 2 is 1.64 bits per heavy atom. The second kappa shape index (κ2) is 12.3. The molecule has 14 heavy (non-hydrogen) atoms. The minimum atomic E-state index is -0.833. The molecule has 0 unspecified atom stereocenters. The zero-order valence-electron chi connectivity index (χ0n) is 9.02. The van der Waals surface area contributed by atoms with Gasteiger partial charge in [0.25, 0.3) is 5.97 Å². The summed E-state index contributed by atoms with van der Waals surface area (Å²) in [5.41, 5.74) is 0. The molecule has 0 bridgehead atoms. The molecule has 0 aliphatic heterocycles. The molecule has 5 heteroatoms. The summed E-state index contributed by atoms with van der Waals surface area (Å²) in [7, 11) is 0. The molecule has 0 aliphatic rings. The van der Waals surface area contributed by atoms with Crippen LogP contribution in [0.25, 0.3) is 0 Å². The van der Waals surface area contributed by atoms with E-state index in [0.29, 0.717) is 19.6 Å². The fourth-order valence-corrected chi connectivity index (χ4v) is 0.692. The molecule has 5 nitrogen and oxygen atoms in total. The molecule has 0 aromatic rings. The molecule has 0 aromatic carbocycles. The highest BCUT2D eigenvalue weighted by Crippen LogP contribution is 1.98. The van der Waals surface area contributed by atoms with E-state index in [0.717, 1.165) is 6.92 Å². The summed E-state index contributed by atoms with van der Waals surface area (Å²) < 4.78 is 10.3. The highest BCUT2D eigenvalue weighted by Gasteiger charge is 2.04. The van der Waals surface area contributed by atoms with Crippen LogP contribution in [0, 0.1) is 0 Å². The molecule has 2 N–H and O–H groups in total. The Morgan fingerprint density at radius 3 is 1.86 bits per heavy atom. The summed E-state index contributed by atoms with van der Waals surface area (Å²) in [6, 6.07) is 0. The predicted octanol–water partition coefficient (Wildman–Crippen LogP) is 0.859. The second-order valence-corrected chi connectivity index (χ2v) is 2.37. The van der Waals surface area contributed by atoms with Crippen molar-refractivity contribution in [2.75, 3.05) is 19.8 Å². The lowest BCUT2D eigenvalue weighted by molar-refractivity contribution is -0.143. The van der Waals surface area contributed by atoms with Crippen LogP contribution in [-0.4, -0.2) is 42.3 Å². The van der Waals surface area contributed by atoms with Crippen molar-refractivity contribution < 1.29 is 24.5 Å². The molecule has 0 aromatic heterocycles. The van der Waals surface area contributed by atoms with E-state index in [2.05, 4.69) is 0 Å².